The molecule has 0 fully saturated rings. The third-order valence-corrected chi connectivity index (χ3v) is 0.815. The van der Waals surface area contributed by atoms with Crippen molar-refractivity contribution in [3.63, 3.8) is 0 Å². The number of aromatic nitrogens is 4. The molecule has 5 heteroatoms. The SMILES string of the molecule is [CH2]CCNc1nnn[nH]1. The molecule has 0 saturated carbocycles. The summed E-state index contributed by atoms with van der Waals surface area (Å²) in [4.78, 5) is 0. The van der Waals surface area contributed by atoms with Gasteiger partial charge in [-0.25, -0.2) is 5.10 Å². The maximum atomic E-state index is 3.64. The molecule has 0 atom stereocenters. The number of nitrogens with one attached hydrogen (secondary N) is 2. The van der Waals surface area contributed by atoms with Gasteiger partial charge in [-0.05, 0) is 16.8 Å². The summed E-state index contributed by atoms with van der Waals surface area (Å²) < 4.78 is 0. The average molecular weight is 126 g/mol. The molecule has 9 heavy (non-hydrogen) atoms. The predicted octanol–water partition coefficient (Wildman–Crippen LogP) is -0.164. The summed E-state index contributed by atoms with van der Waals surface area (Å²) in [6.45, 7) is 4.43. The van der Waals surface area contributed by atoms with Gasteiger partial charge in [-0.3, -0.25) is 0 Å². The van der Waals surface area contributed by atoms with Crippen molar-refractivity contribution in [3.8, 4) is 0 Å². The zero-order chi connectivity index (χ0) is 6.53. The highest BCUT2D eigenvalue weighted by Gasteiger charge is 1.89. The fraction of sp³-hybridized carbons (Fsp3) is 0.500. The molecule has 1 rings (SSSR count). The second-order valence-corrected chi connectivity index (χ2v) is 1.53. The number of hydrogen-bond donors (Lipinski definition) is 2. The Labute approximate surface area is 52.8 Å². The van der Waals surface area contributed by atoms with E-state index >= 15 is 0 Å². The van der Waals surface area contributed by atoms with Gasteiger partial charge in [-0.1, -0.05) is 12.0 Å². The topological polar surface area (TPSA) is 66.5 Å². The monoisotopic (exact) mass is 126 g/mol. The van der Waals surface area contributed by atoms with Crippen LogP contribution in [0.2, 0.25) is 0 Å². The van der Waals surface area contributed by atoms with Crippen LogP contribution in [0.15, 0.2) is 0 Å². The van der Waals surface area contributed by atoms with E-state index in [2.05, 4.69) is 32.9 Å². The molecule has 2 N–H and O–H groups in total. The molecule has 0 aliphatic rings. The first-order valence-electron chi connectivity index (χ1n) is 2.70. The summed E-state index contributed by atoms with van der Waals surface area (Å²) in [6.07, 6.45) is 0.820. The van der Waals surface area contributed by atoms with E-state index in [0.29, 0.717) is 5.95 Å². The van der Waals surface area contributed by atoms with Crippen LogP contribution in [0.5, 0.6) is 0 Å². The molecular weight excluding hydrogens is 118 g/mol. The second-order valence-electron chi connectivity index (χ2n) is 1.53. The summed E-state index contributed by atoms with van der Waals surface area (Å²) in [5, 5.41) is 15.8. The van der Waals surface area contributed by atoms with Gasteiger partial charge in [0, 0.05) is 6.54 Å². The number of H-pyrrole nitrogens is 1. The number of anilines is 1. The van der Waals surface area contributed by atoms with Gasteiger partial charge in [0.05, 0.1) is 0 Å². The number of aromatic amines is 1. The smallest absolute Gasteiger partial charge is 0.240 e. The maximum absolute atomic E-state index is 3.64. The molecule has 0 spiro atoms. The lowest BCUT2D eigenvalue weighted by Gasteiger charge is -1.94. The normalized spacial score (nSPS) is 9.44. The third kappa shape index (κ3) is 1.67. The molecule has 0 unspecified atom stereocenters. The highest BCUT2D eigenvalue weighted by atomic mass is 15.5. The molecule has 0 aliphatic heterocycles. The van der Waals surface area contributed by atoms with Crippen molar-refractivity contribution in [2.75, 3.05) is 11.9 Å². The lowest BCUT2D eigenvalue weighted by molar-refractivity contribution is 0.881. The van der Waals surface area contributed by atoms with Crippen LogP contribution >= 0.6 is 0 Å². The van der Waals surface area contributed by atoms with Gasteiger partial charge in [0.1, 0.15) is 0 Å². The van der Waals surface area contributed by atoms with Crippen molar-refractivity contribution >= 4 is 5.95 Å². The van der Waals surface area contributed by atoms with Crippen molar-refractivity contribution in [2.24, 2.45) is 0 Å². The number of hydrogen-bond acceptors (Lipinski definition) is 4. The van der Waals surface area contributed by atoms with Crippen LogP contribution in [0, 0.1) is 6.92 Å². The van der Waals surface area contributed by atoms with Crippen LogP contribution in [0.1, 0.15) is 6.42 Å². The Morgan fingerprint density at radius 2 is 2.56 bits per heavy atom. The standard InChI is InChI=1S/C4H8N5/c1-2-3-5-4-6-8-9-7-4/h1-3H2,(H2,5,6,7,8,9). The first kappa shape index (κ1) is 6.00. The van der Waals surface area contributed by atoms with Gasteiger partial charge in [0.25, 0.3) is 0 Å². The zero-order valence-electron chi connectivity index (χ0n) is 4.96. The number of tetrazole rings is 1. The van der Waals surface area contributed by atoms with Crippen molar-refractivity contribution in [3.05, 3.63) is 6.92 Å². The van der Waals surface area contributed by atoms with Gasteiger partial charge in [0.2, 0.25) is 5.95 Å². The predicted molar refractivity (Wildman–Crippen MR) is 32.6 cm³/mol. The molecule has 0 saturated heterocycles. The summed E-state index contributed by atoms with van der Waals surface area (Å²) in [7, 11) is 0. The number of rotatable bonds is 3. The van der Waals surface area contributed by atoms with Crippen molar-refractivity contribution in [1.29, 1.82) is 0 Å². The lowest BCUT2D eigenvalue weighted by atomic mass is 10.5. The van der Waals surface area contributed by atoms with Crippen LogP contribution in [-0.4, -0.2) is 27.2 Å². The highest BCUT2D eigenvalue weighted by molar-refractivity contribution is 5.17. The summed E-state index contributed by atoms with van der Waals surface area (Å²) in [5.74, 6) is 0.596. The second kappa shape index (κ2) is 3.01. The fourth-order valence-electron chi connectivity index (χ4n) is 0.441. The van der Waals surface area contributed by atoms with Crippen molar-refractivity contribution in [1.82, 2.24) is 20.6 Å². The minimum atomic E-state index is 0.596. The van der Waals surface area contributed by atoms with Crippen LogP contribution in [-0.2, 0) is 0 Å². The Morgan fingerprint density at radius 1 is 1.67 bits per heavy atom. The first-order valence-corrected chi connectivity index (χ1v) is 2.70. The molecular formula is C4H8N5. The van der Waals surface area contributed by atoms with Crippen molar-refractivity contribution < 1.29 is 0 Å². The van der Waals surface area contributed by atoms with Crippen LogP contribution < -0.4 is 5.32 Å². The Kier molecular flexibility index (Phi) is 2.00. The Morgan fingerprint density at radius 3 is 3.11 bits per heavy atom. The molecule has 0 amide bonds. The van der Waals surface area contributed by atoms with Crippen LogP contribution in [0.4, 0.5) is 5.95 Å². The highest BCUT2D eigenvalue weighted by Crippen LogP contribution is 1.88. The van der Waals surface area contributed by atoms with Crippen LogP contribution in [0.25, 0.3) is 0 Å². The van der Waals surface area contributed by atoms with Gasteiger partial charge >= 0.3 is 0 Å². The van der Waals surface area contributed by atoms with Gasteiger partial charge < -0.3 is 5.32 Å². The number of nitrogens with zero attached hydrogens (tertiary/aromatic N) is 3. The van der Waals surface area contributed by atoms with E-state index in [1.165, 1.54) is 0 Å². The van der Waals surface area contributed by atoms with Gasteiger partial charge in [0.15, 0.2) is 0 Å². The molecule has 1 aromatic rings. The minimum absolute atomic E-state index is 0.596. The molecule has 1 aromatic heterocycles. The Balaban J connectivity index is 2.30. The van der Waals surface area contributed by atoms with Crippen LogP contribution in [0.3, 0.4) is 0 Å². The first-order chi connectivity index (χ1) is 4.43. The van der Waals surface area contributed by atoms with E-state index in [1.807, 2.05) is 0 Å². The maximum Gasteiger partial charge on any atom is 0.240 e. The third-order valence-electron chi connectivity index (χ3n) is 0.815. The van der Waals surface area contributed by atoms with E-state index in [0.717, 1.165) is 13.0 Å². The summed E-state index contributed by atoms with van der Waals surface area (Å²) >= 11 is 0. The molecule has 0 bridgehead atoms. The molecule has 1 radical (unpaired) electrons. The molecule has 49 valence electrons. The van der Waals surface area contributed by atoms with E-state index in [1.54, 1.807) is 0 Å². The fourth-order valence-corrected chi connectivity index (χ4v) is 0.441. The molecule has 0 aromatic carbocycles. The van der Waals surface area contributed by atoms with E-state index in [9.17, 15) is 0 Å². The summed E-state index contributed by atoms with van der Waals surface area (Å²) in [5.41, 5.74) is 0. The Bertz CT molecular complexity index is 146. The average Bonchev–Trinajstić information content (AvgIpc) is 2.34. The molecule has 1 heterocycles. The van der Waals surface area contributed by atoms with Crippen molar-refractivity contribution in [2.45, 2.75) is 6.42 Å². The Hall–Kier alpha value is -1.13. The summed E-state index contributed by atoms with van der Waals surface area (Å²) in [6, 6.07) is 0. The zero-order valence-corrected chi connectivity index (χ0v) is 4.96. The lowest BCUT2D eigenvalue weighted by Crippen LogP contribution is -2.00. The van der Waals surface area contributed by atoms with E-state index < -0.39 is 0 Å². The van der Waals surface area contributed by atoms with E-state index in [-0.39, 0.29) is 0 Å². The molecule has 5 nitrogen and oxygen atoms in total. The molecule has 0 aliphatic carbocycles. The van der Waals surface area contributed by atoms with Gasteiger partial charge in [-0.2, -0.15) is 0 Å². The minimum Gasteiger partial charge on any atom is -0.353 e. The quantitative estimate of drug-likeness (QED) is 0.590. The van der Waals surface area contributed by atoms with E-state index in [4.69, 9.17) is 0 Å². The van der Waals surface area contributed by atoms with Gasteiger partial charge in [-0.15, -0.1) is 0 Å². The largest absolute Gasteiger partial charge is 0.353 e.